The van der Waals surface area contributed by atoms with Gasteiger partial charge in [-0.3, -0.25) is 24.0 Å². The molecule has 1 N–H and O–H groups in total. The predicted molar refractivity (Wildman–Crippen MR) is 117 cm³/mol. The van der Waals surface area contributed by atoms with E-state index in [-0.39, 0.29) is 11.3 Å². The summed E-state index contributed by atoms with van der Waals surface area (Å²) in [5.41, 5.74) is -0.287. The van der Waals surface area contributed by atoms with Crippen LogP contribution in [0.2, 0.25) is 0 Å². The summed E-state index contributed by atoms with van der Waals surface area (Å²) >= 11 is 1.77. The first-order valence-corrected chi connectivity index (χ1v) is 11.1. The van der Waals surface area contributed by atoms with Crippen molar-refractivity contribution in [1.29, 1.82) is 0 Å². The van der Waals surface area contributed by atoms with Gasteiger partial charge in [0.15, 0.2) is 0 Å². The molecule has 8 nitrogen and oxygen atoms in total. The number of carbonyl (C=O) groups excluding carboxylic acids is 1. The maximum atomic E-state index is 13.0. The molecule has 1 fully saturated rings. The van der Waals surface area contributed by atoms with Crippen molar-refractivity contribution in [2.75, 3.05) is 32.7 Å². The van der Waals surface area contributed by atoms with E-state index < -0.39 is 11.2 Å². The Morgan fingerprint density at radius 3 is 2.70 bits per heavy atom. The van der Waals surface area contributed by atoms with E-state index >= 15 is 0 Å². The van der Waals surface area contributed by atoms with Gasteiger partial charge in [-0.15, -0.1) is 11.3 Å². The molecule has 3 aromatic rings. The van der Waals surface area contributed by atoms with Crippen molar-refractivity contribution >= 4 is 28.3 Å². The molecule has 158 valence electrons. The first-order chi connectivity index (χ1) is 14.6. The maximum absolute atomic E-state index is 13.0. The number of fused-ring (bicyclic) bond motifs is 1. The lowest BCUT2D eigenvalue weighted by Crippen LogP contribution is -2.49. The molecule has 0 spiro atoms. The zero-order valence-corrected chi connectivity index (χ0v) is 17.8. The van der Waals surface area contributed by atoms with E-state index in [1.54, 1.807) is 22.3 Å². The van der Waals surface area contributed by atoms with Crippen LogP contribution in [0.1, 0.15) is 28.6 Å². The number of hydrogen-bond acceptors (Lipinski definition) is 6. The van der Waals surface area contributed by atoms with Gasteiger partial charge in [-0.05, 0) is 30.4 Å². The lowest BCUT2D eigenvalue weighted by molar-refractivity contribution is 0.0638. The number of thiophene rings is 1. The number of nitrogens with one attached hydrogen (secondary N) is 1. The van der Waals surface area contributed by atoms with Gasteiger partial charge in [0.25, 0.3) is 11.5 Å². The summed E-state index contributed by atoms with van der Waals surface area (Å²) < 4.78 is 1.44. The van der Waals surface area contributed by atoms with Gasteiger partial charge in [0.2, 0.25) is 0 Å². The molecule has 0 unspecified atom stereocenters. The number of amides is 1. The van der Waals surface area contributed by atoms with Gasteiger partial charge in [0.1, 0.15) is 5.65 Å². The Morgan fingerprint density at radius 1 is 1.20 bits per heavy atom. The van der Waals surface area contributed by atoms with Crippen LogP contribution in [0.25, 0.3) is 11.0 Å². The molecular formula is C21H25N5O3S. The highest BCUT2D eigenvalue weighted by Crippen LogP contribution is 2.14. The molecule has 0 radical (unpaired) electrons. The summed E-state index contributed by atoms with van der Waals surface area (Å²) in [6.07, 6.45) is 3.24. The summed E-state index contributed by atoms with van der Waals surface area (Å²) in [6.45, 7) is 6.34. The SMILES string of the molecule is CCCn1c(=O)[nH]c(=O)c2cc(C(=O)N3CCN(CCc4cccs4)CC3)cnc21. The van der Waals surface area contributed by atoms with Crippen molar-refractivity contribution in [2.45, 2.75) is 26.3 Å². The molecule has 0 aliphatic carbocycles. The van der Waals surface area contributed by atoms with E-state index in [4.69, 9.17) is 0 Å². The molecule has 0 aromatic carbocycles. The van der Waals surface area contributed by atoms with E-state index in [9.17, 15) is 14.4 Å². The quantitative estimate of drug-likeness (QED) is 0.645. The van der Waals surface area contributed by atoms with Crippen molar-refractivity contribution in [3.8, 4) is 0 Å². The Hall–Kier alpha value is -2.78. The fourth-order valence-corrected chi connectivity index (χ4v) is 4.49. The topological polar surface area (TPSA) is 91.3 Å². The third kappa shape index (κ3) is 4.22. The molecular weight excluding hydrogens is 402 g/mol. The second kappa shape index (κ2) is 8.93. The Bertz CT molecular complexity index is 1140. The highest BCUT2D eigenvalue weighted by atomic mass is 32.1. The molecule has 0 saturated carbocycles. The zero-order chi connectivity index (χ0) is 21.1. The normalized spacial score (nSPS) is 15.0. The summed E-state index contributed by atoms with van der Waals surface area (Å²) in [5, 5.41) is 2.36. The van der Waals surface area contributed by atoms with E-state index in [1.807, 2.05) is 6.92 Å². The van der Waals surface area contributed by atoms with Crippen LogP contribution in [0, 0.1) is 0 Å². The smallest absolute Gasteiger partial charge is 0.329 e. The van der Waals surface area contributed by atoms with Crippen LogP contribution in [-0.2, 0) is 13.0 Å². The Labute approximate surface area is 177 Å². The van der Waals surface area contributed by atoms with Gasteiger partial charge in [-0.1, -0.05) is 13.0 Å². The van der Waals surface area contributed by atoms with Crippen molar-refractivity contribution in [3.05, 3.63) is 61.1 Å². The first kappa shape index (κ1) is 20.5. The van der Waals surface area contributed by atoms with E-state index in [0.717, 1.165) is 32.5 Å². The molecule has 9 heteroatoms. The maximum Gasteiger partial charge on any atom is 0.329 e. The largest absolute Gasteiger partial charge is 0.336 e. The van der Waals surface area contributed by atoms with Crippen LogP contribution in [0.15, 0.2) is 39.4 Å². The number of carbonyl (C=O) groups is 1. The standard InChI is InChI=1S/C21H25N5O3S/c1-2-6-26-18-17(19(27)23-21(26)29)13-15(14-22-18)20(28)25-10-8-24(9-11-25)7-5-16-4-3-12-30-16/h3-4,12-14H,2,5-11H2,1H3,(H,23,27,29). The molecule has 0 atom stereocenters. The lowest BCUT2D eigenvalue weighted by Gasteiger charge is -2.34. The molecule has 30 heavy (non-hydrogen) atoms. The van der Waals surface area contributed by atoms with Crippen molar-refractivity contribution in [2.24, 2.45) is 0 Å². The highest BCUT2D eigenvalue weighted by molar-refractivity contribution is 7.09. The van der Waals surface area contributed by atoms with Crippen molar-refractivity contribution in [1.82, 2.24) is 24.3 Å². The average Bonchev–Trinajstić information content (AvgIpc) is 3.28. The van der Waals surface area contributed by atoms with E-state index in [2.05, 4.69) is 32.4 Å². The van der Waals surface area contributed by atoms with Gasteiger partial charge in [-0.2, -0.15) is 0 Å². The minimum Gasteiger partial charge on any atom is -0.336 e. The number of aryl methyl sites for hydroxylation is 1. The van der Waals surface area contributed by atoms with Gasteiger partial charge in [0, 0.05) is 50.3 Å². The number of aromatic amines is 1. The number of nitrogens with zero attached hydrogens (tertiary/aromatic N) is 4. The number of aromatic nitrogens is 3. The van der Waals surface area contributed by atoms with E-state index in [1.165, 1.54) is 15.6 Å². The molecule has 0 bridgehead atoms. The molecule has 3 aromatic heterocycles. The average molecular weight is 428 g/mol. The fourth-order valence-electron chi connectivity index (χ4n) is 3.80. The van der Waals surface area contributed by atoms with Crippen LogP contribution >= 0.6 is 11.3 Å². The molecule has 4 heterocycles. The van der Waals surface area contributed by atoms with Crippen LogP contribution in [-0.4, -0.2) is 63.0 Å². The summed E-state index contributed by atoms with van der Waals surface area (Å²) in [5.74, 6) is -0.130. The Kier molecular flexibility index (Phi) is 6.10. The van der Waals surface area contributed by atoms with Crippen molar-refractivity contribution < 1.29 is 4.79 Å². The van der Waals surface area contributed by atoms with Crippen LogP contribution in [0.3, 0.4) is 0 Å². The van der Waals surface area contributed by atoms with Gasteiger partial charge < -0.3 is 4.90 Å². The molecule has 1 saturated heterocycles. The summed E-state index contributed by atoms with van der Waals surface area (Å²) in [7, 11) is 0. The second-order valence-electron chi connectivity index (χ2n) is 7.47. The first-order valence-electron chi connectivity index (χ1n) is 10.2. The summed E-state index contributed by atoms with van der Waals surface area (Å²) in [4.78, 5) is 49.5. The zero-order valence-electron chi connectivity index (χ0n) is 17.0. The molecule has 1 aliphatic rings. The molecule has 1 aliphatic heterocycles. The number of pyridine rings is 1. The monoisotopic (exact) mass is 427 g/mol. The van der Waals surface area contributed by atoms with Crippen LogP contribution in [0.4, 0.5) is 0 Å². The third-order valence-corrected chi connectivity index (χ3v) is 6.38. The fraction of sp³-hybridized carbons (Fsp3) is 0.429. The predicted octanol–water partition coefficient (Wildman–Crippen LogP) is 1.56. The van der Waals surface area contributed by atoms with Crippen LogP contribution < -0.4 is 11.2 Å². The third-order valence-electron chi connectivity index (χ3n) is 5.44. The Morgan fingerprint density at radius 2 is 2.00 bits per heavy atom. The van der Waals surface area contributed by atoms with E-state index in [0.29, 0.717) is 30.8 Å². The van der Waals surface area contributed by atoms with Gasteiger partial charge >= 0.3 is 5.69 Å². The summed E-state index contributed by atoms with van der Waals surface area (Å²) in [6, 6.07) is 5.78. The minimum absolute atomic E-state index is 0.130. The number of piperazine rings is 1. The van der Waals surface area contributed by atoms with Gasteiger partial charge in [0.05, 0.1) is 10.9 Å². The number of hydrogen-bond donors (Lipinski definition) is 1. The number of H-pyrrole nitrogens is 1. The molecule has 4 rings (SSSR count). The number of rotatable bonds is 6. The lowest BCUT2D eigenvalue weighted by atomic mass is 10.2. The highest BCUT2D eigenvalue weighted by Gasteiger charge is 2.23. The van der Waals surface area contributed by atoms with Crippen molar-refractivity contribution in [3.63, 3.8) is 0 Å². The van der Waals surface area contributed by atoms with Gasteiger partial charge in [-0.25, -0.2) is 9.78 Å². The van der Waals surface area contributed by atoms with Crippen LogP contribution in [0.5, 0.6) is 0 Å². The minimum atomic E-state index is -0.511. The second-order valence-corrected chi connectivity index (χ2v) is 8.50. The Balaban J connectivity index is 1.46. The molecule has 1 amide bonds.